The van der Waals surface area contributed by atoms with Gasteiger partial charge < -0.3 is 5.11 Å². The molecule has 5 nitrogen and oxygen atoms in total. The van der Waals surface area contributed by atoms with Gasteiger partial charge in [-0.1, -0.05) is 0 Å². The molecule has 0 aromatic carbocycles. The van der Waals surface area contributed by atoms with Crippen molar-refractivity contribution in [2.45, 2.75) is 6.18 Å². The second-order valence-corrected chi connectivity index (χ2v) is 3.50. The minimum atomic E-state index is -4.82. The zero-order chi connectivity index (χ0) is 14.2. The molecule has 0 amide bonds. The number of nitrogens with zero attached hydrogens (tertiary/aromatic N) is 3. The molecule has 0 saturated carbocycles. The van der Waals surface area contributed by atoms with E-state index < -0.39 is 29.1 Å². The SMILES string of the molecule is O=C(O)c1cn(-c2ncc(F)cn2)cc1C(F)(F)F. The van der Waals surface area contributed by atoms with Crippen molar-refractivity contribution < 1.29 is 27.5 Å². The van der Waals surface area contributed by atoms with Crippen LogP contribution < -0.4 is 0 Å². The summed E-state index contributed by atoms with van der Waals surface area (Å²) in [6.45, 7) is 0. The molecule has 1 N–H and O–H groups in total. The van der Waals surface area contributed by atoms with Crippen molar-refractivity contribution in [2.24, 2.45) is 0 Å². The maximum Gasteiger partial charge on any atom is 0.418 e. The van der Waals surface area contributed by atoms with E-state index in [9.17, 15) is 22.4 Å². The molecule has 9 heteroatoms. The molecule has 100 valence electrons. The maximum absolute atomic E-state index is 12.6. The molecular weight excluding hydrogens is 270 g/mol. The van der Waals surface area contributed by atoms with E-state index in [1.165, 1.54) is 0 Å². The van der Waals surface area contributed by atoms with Crippen LogP contribution in [0.3, 0.4) is 0 Å². The molecule has 2 aromatic heterocycles. The molecule has 0 atom stereocenters. The fourth-order valence-electron chi connectivity index (χ4n) is 1.41. The fraction of sp³-hybridized carbons (Fsp3) is 0.100. The first kappa shape index (κ1) is 13.0. The Morgan fingerprint density at radius 3 is 2.21 bits per heavy atom. The number of carboxylic acids is 1. The third-order valence-electron chi connectivity index (χ3n) is 2.20. The van der Waals surface area contributed by atoms with Crippen LogP contribution in [-0.2, 0) is 6.18 Å². The van der Waals surface area contributed by atoms with Gasteiger partial charge in [0.2, 0.25) is 5.95 Å². The Labute approximate surface area is 103 Å². The van der Waals surface area contributed by atoms with Crippen LogP contribution in [0, 0.1) is 5.82 Å². The van der Waals surface area contributed by atoms with Crippen LogP contribution in [0.2, 0.25) is 0 Å². The summed E-state index contributed by atoms with van der Waals surface area (Å²) in [6.07, 6.45) is -2.04. The molecule has 0 saturated heterocycles. The Bertz CT molecular complexity index is 619. The van der Waals surface area contributed by atoms with Crippen LogP contribution in [0.1, 0.15) is 15.9 Å². The van der Waals surface area contributed by atoms with Gasteiger partial charge >= 0.3 is 12.1 Å². The molecule has 0 spiro atoms. The average Bonchev–Trinajstić information content (AvgIpc) is 2.74. The van der Waals surface area contributed by atoms with Crippen molar-refractivity contribution in [3.63, 3.8) is 0 Å². The van der Waals surface area contributed by atoms with Gasteiger partial charge in [-0.15, -0.1) is 0 Å². The van der Waals surface area contributed by atoms with E-state index in [1.54, 1.807) is 0 Å². The summed E-state index contributed by atoms with van der Waals surface area (Å²) in [4.78, 5) is 17.7. The number of alkyl halides is 3. The number of aromatic carboxylic acids is 1. The van der Waals surface area contributed by atoms with Crippen LogP contribution in [0.15, 0.2) is 24.8 Å². The highest BCUT2D eigenvalue weighted by atomic mass is 19.4. The molecule has 0 aliphatic heterocycles. The zero-order valence-corrected chi connectivity index (χ0v) is 9.02. The first-order chi connectivity index (χ1) is 8.79. The Morgan fingerprint density at radius 2 is 1.79 bits per heavy atom. The van der Waals surface area contributed by atoms with Crippen LogP contribution in [0.4, 0.5) is 17.6 Å². The highest BCUT2D eigenvalue weighted by molar-refractivity contribution is 5.89. The summed E-state index contributed by atoms with van der Waals surface area (Å²) < 4.78 is 51.2. The molecule has 0 fully saturated rings. The largest absolute Gasteiger partial charge is 0.478 e. The smallest absolute Gasteiger partial charge is 0.418 e. The highest BCUT2D eigenvalue weighted by Crippen LogP contribution is 2.33. The van der Waals surface area contributed by atoms with E-state index >= 15 is 0 Å². The van der Waals surface area contributed by atoms with Crippen molar-refractivity contribution in [3.05, 3.63) is 41.7 Å². The average molecular weight is 275 g/mol. The van der Waals surface area contributed by atoms with Crippen molar-refractivity contribution in [1.29, 1.82) is 0 Å². The molecule has 0 aliphatic rings. The lowest BCUT2D eigenvalue weighted by Gasteiger charge is -2.04. The number of halogens is 4. The molecule has 2 heterocycles. The second-order valence-electron chi connectivity index (χ2n) is 3.50. The number of carboxylic acid groups (broad SMARTS) is 1. The number of hydrogen-bond acceptors (Lipinski definition) is 3. The summed E-state index contributed by atoms with van der Waals surface area (Å²) in [6, 6.07) is 0. The fourth-order valence-corrected chi connectivity index (χ4v) is 1.41. The minimum absolute atomic E-state index is 0.264. The molecule has 19 heavy (non-hydrogen) atoms. The number of hydrogen-bond donors (Lipinski definition) is 1. The van der Waals surface area contributed by atoms with Crippen molar-refractivity contribution in [1.82, 2.24) is 14.5 Å². The number of rotatable bonds is 2. The van der Waals surface area contributed by atoms with Gasteiger partial charge in [0.05, 0.1) is 23.5 Å². The van der Waals surface area contributed by atoms with E-state index in [0.29, 0.717) is 6.20 Å². The minimum Gasteiger partial charge on any atom is -0.478 e. The highest BCUT2D eigenvalue weighted by Gasteiger charge is 2.37. The molecule has 0 bridgehead atoms. The van der Waals surface area contributed by atoms with Crippen molar-refractivity contribution >= 4 is 5.97 Å². The molecule has 0 radical (unpaired) electrons. The predicted molar refractivity (Wildman–Crippen MR) is 53.3 cm³/mol. The summed E-state index contributed by atoms with van der Waals surface area (Å²) in [5, 5.41) is 8.72. The molecule has 2 rings (SSSR count). The summed E-state index contributed by atoms with van der Waals surface area (Å²) in [5.74, 6) is -2.75. The van der Waals surface area contributed by atoms with E-state index in [2.05, 4.69) is 9.97 Å². The van der Waals surface area contributed by atoms with Gasteiger partial charge in [0.1, 0.15) is 0 Å². The van der Waals surface area contributed by atoms with Gasteiger partial charge in [0.15, 0.2) is 5.82 Å². The molecular formula is C10H5F4N3O2. The third-order valence-corrected chi connectivity index (χ3v) is 2.20. The lowest BCUT2D eigenvalue weighted by molar-refractivity contribution is -0.138. The van der Waals surface area contributed by atoms with Crippen molar-refractivity contribution in [2.75, 3.05) is 0 Å². The molecule has 0 unspecified atom stereocenters. The van der Waals surface area contributed by atoms with Crippen LogP contribution in [-0.4, -0.2) is 25.6 Å². The van der Waals surface area contributed by atoms with Gasteiger partial charge in [-0.05, 0) is 0 Å². The van der Waals surface area contributed by atoms with Gasteiger partial charge in [-0.2, -0.15) is 13.2 Å². The zero-order valence-electron chi connectivity index (χ0n) is 9.02. The van der Waals surface area contributed by atoms with Gasteiger partial charge in [-0.25, -0.2) is 19.2 Å². The summed E-state index contributed by atoms with van der Waals surface area (Å²) >= 11 is 0. The lowest BCUT2D eigenvalue weighted by atomic mass is 10.2. The van der Waals surface area contributed by atoms with Gasteiger partial charge in [0.25, 0.3) is 0 Å². The number of carbonyl (C=O) groups is 1. The van der Waals surface area contributed by atoms with Crippen molar-refractivity contribution in [3.8, 4) is 5.95 Å². The number of aromatic nitrogens is 3. The summed E-state index contributed by atoms with van der Waals surface area (Å²) in [7, 11) is 0. The second kappa shape index (κ2) is 4.34. The van der Waals surface area contributed by atoms with E-state index in [4.69, 9.17) is 5.11 Å². The predicted octanol–water partition coefficient (Wildman–Crippen LogP) is 2.12. The monoisotopic (exact) mass is 275 g/mol. The Balaban J connectivity index is 2.55. The molecule has 2 aromatic rings. The Morgan fingerprint density at radius 1 is 1.21 bits per heavy atom. The Kier molecular flexibility index (Phi) is 2.97. The normalized spacial score (nSPS) is 11.6. The Hall–Kier alpha value is -2.45. The van der Waals surface area contributed by atoms with Crippen LogP contribution in [0.25, 0.3) is 5.95 Å². The quantitative estimate of drug-likeness (QED) is 0.852. The van der Waals surface area contributed by atoms with Gasteiger partial charge in [0, 0.05) is 12.4 Å². The maximum atomic E-state index is 12.6. The van der Waals surface area contributed by atoms with Gasteiger partial charge in [-0.3, -0.25) is 4.57 Å². The topological polar surface area (TPSA) is 68.0 Å². The first-order valence-corrected chi connectivity index (χ1v) is 4.79. The lowest BCUT2D eigenvalue weighted by Crippen LogP contribution is -2.09. The first-order valence-electron chi connectivity index (χ1n) is 4.79. The third kappa shape index (κ3) is 2.54. The van der Waals surface area contributed by atoms with Crippen LogP contribution in [0.5, 0.6) is 0 Å². The van der Waals surface area contributed by atoms with E-state index in [1.807, 2.05) is 0 Å². The standard InChI is InChI=1S/C10H5F4N3O2/c11-5-1-15-9(16-2-5)17-3-6(8(18)19)7(4-17)10(12,13)14/h1-4H,(H,18,19). The van der Waals surface area contributed by atoms with E-state index in [0.717, 1.165) is 23.2 Å². The van der Waals surface area contributed by atoms with E-state index in [-0.39, 0.29) is 5.95 Å². The van der Waals surface area contributed by atoms with Crippen LogP contribution >= 0.6 is 0 Å². The summed E-state index contributed by atoms with van der Waals surface area (Å²) in [5.41, 5.74) is -2.26. The molecule has 0 aliphatic carbocycles.